The Morgan fingerprint density at radius 2 is 1.77 bits per heavy atom. The third-order valence-corrected chi connectivity index (χ3v) is 5.18. The molecule has 22 heavy (non-hydrogen) atoms. The summed E-state index contributed by atoms with van der Waals surface area (Å²) in [5.41, 5.74) is 0. The van der Waals surface area contributed by atoms with Crippen LogP contribution in [0.1, 0.15) is 25.7 Å². The van der Waals surface area contributed by atoms with E-state index >= 15 is 0 Å². The van der Waals surface area contributed by atoms with Crippen molar-refractivity contribution in [2.24, 2.45) is 5.92 Å². The van der Waals surface area contributed by atoms with Crippen LogP contribution in [0.2, 0.25) is 0 Å². The van der Waals surface area contributed by atoms with Crippen molar-refractivity contribution in [3.63, 3.8) is 0 Å². The number of benzene rings is 1. The van der Waals surface area contributed by atoms with Crippen molar-refractivity contribution < 1.29 is 22.3 Å². The van der Waals surface area contributed by atoms with E-state index in [1.54, 1.807) is 6.07 Å². The molecule has 1 N–H and O–H groups in total. The SMILES string of the molecule is O=C1N[C@H]2CCCC[C@@H]2C(=O)N1OS(=O)(=O)c1ccccc1. The number of hydroxylamine groups is 2. The summed E-state index contributed by atoms with van der Waals surface area (Å²) in [4.78, 5) is 24.2. The van der Waals surface area contributed by atoms with Crippen LogP contribution in [-0.4, -0.2) is 31.5 Å². The summed E-state index contributed by atoms with van der Waals surface area (Å²) in [7, 11) is -4.22. The number of hydrogen-bond acceptors (Lipinski definition) is 5. The first kappa shape index (κ1) is 15.0. The van der Waals surface area contributed by atoms with Gasteiger partial charge in [-0.25, -0.2) is 4.79 Å². The molecule has 3 rings (SSSR count). The molecule has 2 fully saturated rings. The van der Waals surface area contributed by atoms with E-state index in [1.165, 1.54) is 24.3 Å². The fourth-order valence-corrected chi connectivity index (χ4v) is 3.78. The summed E-state index contributed by atoms with van der Waals surface area (Å²) < 4.78 is 29.1. The van der Waals surface area contributed by atoms with Crippen LogP contribution in [-0.2, 0) is 19.2 Å². The van der Waals surface area contributed by atoms with Gasteiger partial charge in [0.2, 0.25) is 0 Å². The molecule has 2 atom stereocenters. The van der Waals surface area contributed by atoms with Gasteiger partial charge in [-0.05, 0) is 25.0 Å². The van der Waals surface area contributed by atoms with Crippen LogP contribution >= 0.6 is 0 Å². The van der Waals surface area contributed by atoms with Gasteiger partial charge in [0.05, 0.1) is 10.8 Å². The molecular formula is C14H16N2O5S. The Hall–Kier alpha value is -1.93. The van der Waals surface area contributed by atoms with Crippen molar-refractivity contribution in [3.05, 3.63) is 30.3 Å². The topological polar surface area (TPSA) is 92.8 Å². The highest BCUT2D eigenvalue weighted by atomic mass is 32.2. The number of urea groups is 1. The molecule has 1 aromatic carbocycles. The van der Waals surface area contributed by atoms with Crippen LogP contribution in [0.5, 0.6) is 0 Å². The van der Waals surface area contributed by atoms with E-state index < -0.39 is 28.0 Å². The van der Waals surface area contributed by atoms with Crippen molar-refractivity contribution in [2.45, 2.75) is 36.6 Å². The summed E-state index contributed by atoms with van der Waals surface area (Å²) in [5, 5.41) is 2.99. The first-order valence-corrected chi connectivity index (χ1v) is 8.54. The molecular weight excluding hydrogens is 308 g/mol. The van der Waals surface area contributed by atoms with Crippen LogP contribution in [0.15, 0.2) is 35.2 Å². The van der Waals surface area contributed by atoms with E-state index in [1.807, 2.05) is 0 Å². The van der Waals surface area contributed by atoms with Gasteiger partial charge < -0.3 is 5.32 Å². The predicted molar refractivity (Wildman–Crippen MR) is 75.8 cm³/mol. The van der Waals surface area contributed by atoms with Gasteiger partial charge in [-0.1, -0.05) is 31.0 Å². The number of rotatable bonds is 3. The maximum Gasteiger partial charge on any atom is 0.350 e. The molecule has 1 aliphatic carbocycles. The van der Waals surface area contributed by atoms with E-state index in [2.05, 4.69) is 5.32 Å². The maximum atomic E-state index is 12.4. The van der Waals surface area contributed by atoms with E-state index in [0.29, 0.717) is 11.5 Å². The zero-order valence-corrected chi connectivity index (χ0v) is 12.6. The van der Waals surface area contributed by atoms with Crippen LogP contribution in [0.3, 0.4) is 0 Å². The molecule has 118 valence electrons. The molecule has 1 aromatic rings. The van der Waals surface area contributed by atoms with Crippen LogP contribution in [0, 0.1) is 5.92 Å². The number of fused-ring (bicyclic) bond motifs is 1. The van der Waals surface area contributed by atoms with E-state index in [4.69, 9.17) is 4.28 Å². The highest BCUT2D eigenvalue weighted by molar-refractivity contribution is 7.86. The third kappa shape index (κ3) is 2.71. The highest BCUT2D eigenvalue weighted by Crippen LogP contribution is 2.30. The lowest BCUT2D eigenvalue weighted by Gasteiger charge is -2.38. The fourth-order valence-electron chi connectivity index (χ4n) is 2.87. The predicted octanol–water partition coefficient (Wildman–Crippen LogP) is 1.42. The second-order valence-corrected chi connectivity index (χ2v) is 6.95. The van der Waals surface area contributed by atoms with Gasteiger partial charge in [-0.15, -0.1) is 9.35 Å². The molecule has 2 aliphatic rings. The second-order valence-electron chi connectivity index (χ2n) is 5.42. The zero-order valence-electron chi connectivity index (χ0n) is 11.8. The zero-order chi connectivity index (χ0) is 15.7. The highest BCUT2D eigenvalue weighted by Gasteiger charge is 2.44. The number of nitrogens with zero attached hydrogens (tertiary/aromatic N) is 1. The number of imide groups is 1. The molecule has 8 heteroatoms. The minimum absolute atomic E-state index is 0.110. The lowest BCUT2D eigenvalue weighted by molar-refractivity contribution is -0.157. The smallest absolute Gasteiger partial charge is 0.332 e. The summed E-state index contributed by atoms with van der Waals surface area (Å²) >= 11 is 0. The normalized spacial score (nSPS) is 25.5. The van der Waals surface area contributed by atoms with Gasteiger partial charge in [-0.2, -0.15) is 8.42 Å². The van der Waals surface area contributed by atoms with Gasteiger partial charge in [-0.3, -0.25) is 4.79 Å². The summed E-state index contributed by atoms with van der Waals surface area (Å²) in [6.45, 7) is 0. The lowest BCUT2D eigenvalue weighted by Crippen LogP contribution is -2.60. The molecule has 0 bridgehead atoms. The van der Waals surface area contributed by atoms with E-state index in [9.17, 15) is 18.0 Å². The lowest BCUT2D eigenvalue weighted by atomic mass is 9.83. The Morgan fingerprint density at radius 3 is 2.50 bits per heavy atom. The summed E-state index contributed by atoms with van der Waals surface area (Å²) in [6.07, 6.45) is 3.16. The van der Waals surface area contributed by atoms with Crippen LogP contribution in [0.25, 0.3) is 0 Å². The Labute approximate surface area is 128 Å². The molecule has 1 aliphatic heterocycles. The molecule has 1 heterocycles. The Kier molecular flexibility index (Phi) is 3.88. The molecule has 0 radical (unpaired) electrons. The van der Waals surface area contributed by atoms with Gasteiger partial charge >= 0.3 is 16.1 Å². The summed E-state index contributed by atoms with van der Waals surface area (Å²) in [5.74, 6) is -1.01. The first-order chi connectivity index (χ1) is 10.5. The van der Waals surface area contributed by atoms with Gasteiger partial charge in [0.25, 0.3) is 5.91 Å². The van der Waals surface area contributed by atoms with E-state index in [-0.39, 0.29) is 10.9 Å². The Balaban J connectivity index is 1.82. The van der Waals surface area contributed by atoms with Crippen molar-refractivity contribution in [3.8, 4) is 0 Å². The maximum absolute atomic E-state index is 12.4. The minimum Gasteiger partial charge on any atom is -0.332 e. The quantitative estimate of drug-likeness (QED) is 0.907. The molecule has 0 spiro atoms. The Bertz CT molecular complexity index is 688. The molecule has 1 saturated carbocycles. The number of amides is 3. The van der Waals surface area contributed by atoms with Crippen molar-refractivity contribution in [1.29, 1.82) is 0 Å². The average Bonchev–Trinajstić information content (AvgIpc) is 2.52. The average molecular weight is 324 g/mol. The van der Waals surface area contributed by atoms with Gasteiger partial charge in [0.1, 0.15) is 0 Å². The van der Waals surface area contributed by atoms with Crippen molar-refractivity contribution in [2.75, 3.05) is 0 Å². The number of nitrogens with one attached hydrogen (secondary N) is 1. The van der Waals surface area contributed by atoms with Crippen LogP contribution < -0.4 is 5.32 Å². The number of hydrogen-bond donors (Lipinski definition) is 1. The molecule has 7 nitrogen and oxygen atoms in total. The monoisotopic (exact) mass is 324 g/mol. The van der Waals surface area contributed by atoms with Crippen LogP contribution in [0.4, 0.5) is 4.79 Å². The third-order valence-electron chi connectivity index (χ3n) is 3.98. The molecule has 0 unspecified atom stereocenters. The molecule has 1 saturated heterocycles. The van der Waals surface area contributed by atoms with Gasteiger partial charge in [0.15, 0.2) is 0 Å². The fraction of sp³-hybridized carbons (Fsp3) is 0.429. The first-order valence-electron chi connectivity index (χ1n) is 7.13. The minimum atomic E-state index is -4.22. The van der Waals surface area contributed by atoms with Gasteiger partial charge in [0, 0.05) is 6.04 Å². The van der Waals surface area contributed by atoms with Crippen molar-refractivity contribution >= 4 is 22.1 Å². The number of carbonyl (C=O) groups is 2. The van der Waals surface area contributed by atoms with Crippen molar-refractivity contribution in [1.82, 2.24) is 10.4 Å². The largest absolute Gasteiger partial charge is 0.350 e. The standard InChI is InChI=1S/C14H16N2O5S/c17-13-11-8-4-5-9-12(11)15-14(18)16(13)21-22(19,20)10-6-2-1-3-7-10/h1-3,6-7,11-12H,4-5,8-9H2,(H,15,18)/t11-,12-/m0/s1. The summed E-state index contributed by atoms with van der Waals surface area (Å²) in [6, 6.07) is 6.35. The number of carbonyl (C=O) groups excluding carboxylic acids is 2. The Morgan fingerprint density at radius 1 is 1.09 bits per heavy atom. The molecule has 3 amide bonds. The van der Waals surface area contributed by atoms with E-state index in [0.717, 1.165) is 19.3 Å². The molecule has 0 aromatic heterocycles. The second kappa shape index (κ2) is 5.69.